The molecule has 0 heterocycles. The Balaban J connectivity index is 1.65. The lowest BCUT2D eigenvalue weighted by Crippen LogP contribution is -2.44. The third kappa shape index (κ3) is 6.63. The van der Waals surface area contributed by atoms with Gasteiger partial charge in [-0.1, -0.05) is 37.1 Å². The van der Waals surface area contributed by atoms with Gasteiger partial charge in [-0.2, -0.15) is 0 Å². The molecule has 176 valence electrons. The van der Waals surface area contributed by atoms with E-state index >= 15 is 0 Å². The van der Waals surface area contributed by atoms with Crippen molar-refractivity contribution in [2.24, 2.45) is 5.92 Å². The first-order chi connectivity index (χ1) is 15.3. The van der Waals surface area contributed by atoms with Crippen molar-refractivity contribution in [3.8, 4) is 5.75 Å². The van der Waals surface area contributed by atoms with Crippen molar-refractivity contribution in [2.45, 2.75) is 45.1 Å². The van der Waals surface area contributed by atoms with Gasteiger partial charge in [-0.05, 0) is 67.5 Å². The van der Waals surface area contributed by atoms with Gasteiger partial charge < -0.3 is 19.4 Å². The zero-order valence-corrected chi connectivity index (χ0v) is 19.8. The number of benzene rings is 2. The Morgan fingerprint density at radius 2 is 1.72 bits per heavy atom. The zero-order chi connectivity index (χ0) is 23.1. The van der Waals surface area contributed by atoms with Crippen molar-refractivity contribution in [3.05, 3.63) is 59.7 Å². The smallest absolute Gasteiger partial charge is 0.391 e. The lowest BCUT2D eigenvalue weighted by Gasteiger charge is -2.25. The highest BCUT2D eigenvalue weighted by Crippen LogP contribution is 2.36. The number of anilines is 1. The van der Waals surface area contributed by atoms with Gasteiger partial charge in [0.05, 0.1) is 17.5 Å². The maximum atomic E-state index is 12.7. The van der Waals surface area contributed by atoms with E-state index < -0.39 is 24.7 Å². The summed E-state index contributed by atoms with van der Waals surface area (Å²) in [6, 6.07) is 13.9. The Labute approximate surface area is 190 Å². The third-order valence-electron chi connectivity index (χ3n) is 5.74. The van der Waals surface area contributed by atoms with E-state index in [9.17, 15) is 13.5 Å². The number of hydrazine groups is 1. The van der Waals surface area contributed by atoms with Gasteiger partial charge in [0, 0.05) is 6.54 Å². The standard InChI is InChI=1S/C22H31N2O6PS/c1-2-32(28,29)24(23-16-15-17-7-13-21(14-8-17)30-31(26)27)20-11-9-19(10-12-20)22(25)18-5-3-4-6-18/h7-14,18,22-23,25-27H,2-6,15-16H2,1H3. The van der Waals surface area contributed by atoms with Crippen LogP contribution in [0.5, 0.6) is 5.75 Å². The molecule has 1 atom stereocenters. The summed E-state index contributed by atoms with van der Waals surface area (Å²) in [6.45, 7) is 1.97. The van der Waals surface area contributed by atoms with Gasteiger partial charge in [-0.25, -0.2) is 18.3 Å². The van der Waals surface area contributed by atoms with E-state index in [4.69, 9.17) is 14.3 Å². The summed E-state index contributed by atoms with van der Waals surface area (Å²) < 4.78 is 31.4. The van der Waals surface area contributed by atoms with E-state index in [1.54, 1.807) is 55.5 Å². The summed E-state index contributed by atoms with van der Waals surface area (Å²) in [5, 5.41) is 10.6. The van der Waals surface area contributed by atoms with Crippen molar-refractivity contribution in [3.63, 3.8) is 0 Å². The topological polar surface area (TPSA) is 119 Å². The second-order valence-electron chi connectivity index (χ2n) is 7.89. The first kappa shape index (κ1) is 24.9. The van der Waals surface area contributed by atoms with Crippen LogP contribution in [-0.2, 0) is 16.4 Å². The highest BCUT2D eigenvalue weighted by Gasteiger charge is 2.25. The van der Waals surface area contributed by atoms with Gasteiger partial charge in [0.15, 0.2) is 0 Å². The minimum absolute atomic E-state index is 0.0518. The van der Waals surface area contributed by atoms with Crippen molar-refractivity contribution in [1.82, 2.24) is 5.43 Å². The molecule has 1 aliphatic rings. The van der Waals surface area contributed by atoms with Crippen LogP contribution in [0.15, 0.2) is 48.5 Å². The second kappa shape index (κ2) is 11.4. The number of sulfonamides is 1. The van der Waals surface area contributed by atoms with E-state index in [2.05, 4.69) is 5.43 Å². The maximum Gasteiger partial charge on any atom is 0.391 e. The normalized spacial score (nSPS) is 15.8. The van der Waals surface area contributed by atoms with Crippen molar-refractivity contribution < 1.29 is 27.8 Å². The monoisotopic (exact) mass is 482 g/mol. The molecule has 0 aliphatic heterocycles. The number of aliphatic hydroxyl groups is 1. The van der Waals surface area contributed by atoms with Crippen LogP contribution in [0.1, 0.15) is 49.8 Å². The first-order valence-corrected chi connectivity index (χ1v) is 13.6. The molecule has 2 aromatic carbocycles. The van der Waals surface area contributed by atoms with Crippen LogP contribution in [0.25, 0.3) is 0 Å². The molecule has 0 spiro atoms. The van der Waals surface area contributed by atoms with Gasteiger partial charge in [0.25, 0.3) is 0 Å². The number of hydrogen-bond donors (Lipinski definition) is 4. The molecule has 1 aliphatic carbocycles. The fourth-order valence-electron chi connectivity index (χ4n) is 3.94. The molecular formula is C22H31N2O6PS. The molecule has 0 amide bonds. The predicted molar refractivity (Wildman–Crippen MR) is 125 cm³/mol. The molecule has 2 aromatic rings. The third-order valence-corrected chi connectivity index (χ3v) is 7.74. The second-order valence-corrected chi connectivity index (χ2v) is 10.7. The van der Waals surface area contributed by atoms with E-state index in [1.165, 1.54) is 4.41 Å². The molecule has 8 nitrogen and oxygen atoms in total. The molecule has 0 bridgehead atoms. The van der Waals surface area contributed by atoms with Crippen molar-refractivity contribution >= 4 is 24.3 Å². The summed E-state index contributed by atoms with van der Waals surface area (Å²) in [5.41, 5.74) is 5.25. The molecular weight excluding hydrogens is 451 g/mol. The van der Waals surface area contributed by atoms with Crippen LogP contribution < -0.4 is 14.4 Å². The van der Waals surface area contributed by atoms with Crippen molar-refractivity contribution in [1.29, 1.82) is 0 Å². The molecule has 10 heteroatoms. The van der Waals surface area contributed by atoms with E-state index in [0.29, 0.717) is 24.4 Å². The van der Waals surface area contributed by atoms with E-state index in [0.717, 1.165) is 36.8 Å². The van der Waals surface area contributed by atoms with Gasteiger partial charge >= 0.3 is 8.60 Å². The summed E-state index contributed by atoms with van der Waals surface area (Å²) in [5.74, 6) is 0.574. The van der Waals surface area contributed by atoms with Gasteiger partial charge in [0.2, 0.25) is 10.0 Å². The number of hydrogen-bond acceptors (Lipinski definition) is 7. The number of rotatable bonds is 11. The van der Waals surface area contributed by atoms with E-state index in [-0.39, 0.29) is 11.7 Å². The van der Waals surface area contributed by atoms with E-state index in [1.807, 2.05) is 0 Å². The highest BCUT2D eigenvalue weighted by atomic mass is 32.2. The Kier molecular flexibility index (Phi) is 8.87. The molecule has 1 fully saturated rings. The summed E-state index contributed by atoms with van der Waals surface area (Å²) >= 11 is 0. The highest BCUT2D eigenvalue weighted by molar-refractivity contribution is 7.92. The molecule has 0 radical (unpaired) electrons. The number of nitrogens with one attached hydrogen (secondary N) is 1. The Morgan fingerprint density at radius 3 is 2.28 bits per heavy atom. The Bertz CT molecular complexity index is 947. The van der Waals surface area contributed by atoms with Crippen LogP contribution in [-0.4, -0.2) is 35.6 Å². The molecule has 0 saturated heterocycles. The Morgan fingerprint density at radius 1 is 1.09 bits per heavy atom. The SMILES string of the molecule is CCS(=O)(=O)N(NCCc1ccc(OP(O)O)cc1)c1ccc(C(O)C2CCCC2)cc1. The molecule has 3 rings (SSSR count). The fourth-order valence-corrected chi connectivity index (χ4v) is 5.24. The maximum absolute atomic E-state index is 12.7. The van der Waals surface area contributed by atoms with Crippen LogP contribution >= 0.6 is 8.60 Å². The molecule has 32 heavy (non-hydrogen) atoms. The minimum atomic E-state index is -3.55. The van der Waals surface area contributed by atoms with Crippen LogP contribution in [0.3, 0.4) is 0 Å². The first-order valence-electron chi connectivity index (χ1n) is 10.8. The zero-order valence-electron chi connectivity index (χ0n) is 18.1. The Hall–Kier alpha value is -1.74. The van der Waals surface area contributed by atoms with Crippen molar-refractivity contribution in [2.75, 3.05) is 16.7 Å². The number of nitrogens with zero attached hydrogens (tertiary/aromatic N) is 1. The van der Waals surface area contributed by atoms with Gasteiger partial charge in [0.1, 0.15) is 5.75 Å². The average Bonchev–Trinajstić information content (AvgIpc) is 3.32. The largest absolute Gasteiger partial charge is 0.427 e. The molecule has 4 N–H and O–H groups in total. The van der Waals surface area contributed by atoms with Crippen LogP contribution in [0.2, 0.25) is 0 Å². The lowest BCUT2D eigenvalue weighted by atomic mass is 9.94. The quantitative estimate of drug-likeness (QED) is 0.286. The van der Waals surface area contributed by atoms with Gasteiger partial charge in [-0.3, -0.25) is 0 Å². The molecule has 1 saturated carbocycles. The van der Waals surface area contributed by atoms with Gasteiger partial charge in [-0.15, -0.1) is 0 Å². The van der Waals surface area contributed by atoms with Crippen LogP contribution in [0, 0.1) is 5.92 Å². The van der Waals surface area contributed by atoms with Crippen LogP contribution in [0.4, 0.5) is 5.69 Å². The summed E-state index contributed by atoms with van der Waals surface area (Å²) in [7, 11) is -6.01. The fraction of sp³-hybridized carbons (Fsp3) is 0.455. The average molecular weight is 483 g/mol. The summed E-state index contributed by atoms with van der Waals surface area (Å²) in [4.78, 5) is 17.8. The molecule has 1 unspecified atom stereocenters. The number of aliphatic hydroxyl groups excluding tert-OH is 1. The minimum Gasteiger partial charge on any atom is -0.427 e. The molecule has 0 aromatic heterocycles. The summed E-state index contributed by atoms with van der Waals surface area (Å²) in [6.07, 6.45) is 4.38. The lowest BCUT2D eigenvalue weighted by molar-refractivity contribution is 0.111. The predicted octanol–water partition coefficient (Wildman–Crippen LogP) is 3.40.